The zero-order chi connectivity index (χ0) is 54.8. The zero-order valence-corrected chi connectivity index (χ0v) is 43.1. The number of hydrogen-bond acceptors (Lipinski definition) is 13. The van der Waals surface area contributed by atoms with Crippen LogP contribution in [-0.2, 0) is 20.6 Å². The summed E-state index contributed by atoms with van der Waals surface area (Å²) in [5, 5.41) is 0.919. The molecule has 74 heavy (non-hydrogen) atoms. The minimum Gasteiger partial charge on any atom is -0.468 e. The lowest BCUT2D eigenvalue weighted by atomic mass is 9.95. The number of piperazine rings is 1. The molecular weight excluding hydrogens is 1040 g/mol. The second-order valence-electron chi connectivity index (χ2n) is 19.3. The molecule has 3 fully saturated rings. The number of likely N-dealkylation sites (tertiary alicyclic amines) is 1. The Hall–Kier alpha value is -4.77. The molecule has 1 atom stereocenters. The van der Waals surface area contributed by atoms with Gasteiger partial charge in [0, 0.05) is 55.7 Å². The third-order valence-electron chi connectivity index (χ3n) is 13.2. The molecule has 1 aliphatic carbocycles. The fourth-order valence-corrected chi connectivity index (χ4v) is 9.46. The van der Waals surface area contributed by atoms with E-state index >= 15 is 8.78 Å². The number of benzene rings is 2. The molecule has 3 aliphatic heterocycles. The largest absolute Gasteiger partial charge is 0.468 e. The number of carbonyl (C=O) groups excluding carboxylic acids is 1. The highest BCUT2D eigenvalue weighted by molar-refractivity contribution is 8.59. The van der Waals surface area contributed by atoms with Gasteiger partial charge >= 0.3 is 36.2 Å². The number of piperidine rings is 1. The first kappa shape index (κ1) is 58.5. The van der Waals surface area contributed by atoms with E-state index in [2.05, 4.69) is 39.0 Å². The topological polar surface area (TPSA) is 112 Å². The van der Waals surface area contributed by atoms with Crippen molar-refractivity contribution >= 4 is 56.9 Å². The highest BCUT2D eigenvalue weighted by Gasteiger charge is 2.85. The average Bonchev–Trinajstić information content (AvgIpc) is 4.13. The molecule has 1 amide bonds. The van der Waals surface area contributed by atoms with Gasteiger partial charge in [-0.3, -0.25) is 0 Å². The van der Waals surface area contributed by atoms with Gasteiger partial charge in [0.1, 0.15) is 34.2 Å². The highest BCUT2D eigenvalue weighted by Crippen LogP contribution is 2.55. The van der Waals surface area contributed by atoms with E-state index in [4.69, 9.17) is 35.3 Å². The number of carbonyl (C=O) groups is 1. The van der Waals surface area contributed by atoms with Gasteiger partial charge in [-0.15, -0.1) is 29.7 Å². The number of fused-ring (bicyclic) bond motifs is 3. The number of halogens is 11. The first-order valence-electron chi connectivity index (χ1n) is 23.7. The molecule has 4 aliphatic rings. The first-order chi connectivity index (χ1) is 34.8. The van der Waals surface area contributed by atoms with Crippen molar-refractivity contribution < 1.29 is 76.8 Å². The van der Waals surface area contributed by atoms with Crippen molar-refractivity contribution in [1.82, 2.24) is 24.8 Å². The van der Waals surface area contributed by atoms with E-state index < -0.39 is 65.4 Å². The molecule has 408 valence electrons. The maximum atomic E-state index is 17.6. The number of ether oxygens (including phenoxy) is 5. The molecular formula is C49H57F11N6O6S2. The van der Waals surface area contributed by atoms with Crippen LogP contribution in [0.25, 0.3) is 32.9 Å². The molecule has 4 aromatic rings. The number of aryl methyl sites for hydroxylation is 1. The number of hydrogen-bond donors (Lipinski definition) is 2. The van der Waals surface area contributed by atoms with Crippen LogP contribution in [0.15, 0.2) is 24.3 Å². The maximum Gasteiger partial charge on any atom is 0.435 e. The number of methoxy groups -OCH3 is 1. The number of rotatable bonds is 12. The van der Waals surface area contributed by atoms with Crippen LogP contribution >= 0.6 is 23.3 Å². The van der Waals surface area contributed by atoms with E-state index in [0.717, 1.165) is 0 Å². The number of terminal acetylenes is 1. The first-order valence-corrected chi connectivity index (χ1v) is 25.3. The zero-order valence-electron chi connectivity index (χ0n) is 41.3. The summed E-state index contributed by atoms with van der Waals surface area (Å²) in [6.07, 6.45) is -13.2. The molecule has 0 N–H and O–H groups in total. The van der Waals surface area contributed by atoms with Crippen LogP contribution in [0, 0.1) is 35.3 Å². The summed E-state index contributed by atoms with van der Waals surface area (Å²) in [6.45, 7) is 9.06. The normalized spacial score (nSPS) is 18.3. The van der Waals surface area contributed by atoms with Gasteiger partial charge in [-0.05, 0) is 102 Å². The Morgan fingerprint density at radius 1 is 0.865 bits per heavy atom. The summed E-state index contributed by atoms with van der Waals surface area (Å²) in [5.74, 6) is 0.286. The number of alkyl halides is 9. The van der Waals surface area contributed by atoms with Crippen LogP contribution < -0.4 is 14.4 Å². The van der Waals surface area contributed by atoms with Crippen LogP contribution in [0.1, 0.15) is 78.0 Å². The Balaban J connectivity index is 0.00000218. The fraction of sp³-hybridized carbons (Fsp3) is 0.592. The van der Waals surface area contributed by atoms with E-state index in [1.807, 2.05) is 23.6 Å². The Morgan fingerprint density at radius 2 is 1.51 bits per heavy atom. The number of aromatic nitrogens is 3. The van der Waals surface area contributed by atoms with Crippen molar-refractivity contribution in [1.29, 1.82) is 0 Å². The number of anilines is 1. The Morgan fingerprint density at radius 3 is 2.09 bits per heavy atom. The van der Waals surface area contributed by atoms with Gasteiger partial charge in [0.15, 0.2) is 12.6 Å². The number of nitrogens with zero attached hydrogens (tertiary/aromatic N) is 6. The van der Waals surface area contributed by atoms with Crippen molar-refractivity contribution in [3.05, 3.63) is 47.2 Å². The van der Waals surface area contributed by atoms with Crippen LogP contribution in [0.5, 0.6) is 11.8 Å². The summed E-state index contributed by atoms with van der Waals surface area (Å²) in [7, 11) is 1.42. The average molecular weight is 1100 g/mol. The molecule has 0 radical (unpaired) electrons. The van der Waals surface area contributed by atoms with E-state index in [-0.39, 0.29) is 111 Å². The lowest BCUT2D eigenvalue weighted by Gasteiger charge is -2.41. The van der Waals surface area contributed by atoms with Crippen LogP contribution in [0.3, 0.4) is 0 Å². The fourth-order valence-electron chi connectivity index (χ4n) is 9.46. The third-order valence-corrected chi connectivity index (χ3v) is 13.2. The molecule has 0 bridgehead atoms. The van der Waals surface area contributed by atoms with Gasteiger partial charge in [0.2, 0.25) is 0 Å². The Kier molecular flexibility index (Phi) is 18.0. The second kappa shape index (κ2) is 22.8. The van der Waals surface area contributed by atoms with Crippen LogP contribution in [0.2, 0.25) is 0 Å². The molecule has 2 saturated heterocycles. The summed E-state index contributed by atoms with van der Waals surface area (Å²) in [5.41, 5.74) is -7.60. The summed E-state index contributed by atoms with van der Waals surface area (Å²) in [6, 6.07) is 5.20. The quantitative estimate of drug-likeness (QED) is 0.0465. The number of pyridine rings is 1. The molecule has 1 saturated carbocycles. The number of thiol groups is 2. The monoisotopic (exact) mass is 1100 g/mol. The molecule has 5 heterocycles. The molecule has 8 rings (SSSR count). The van der Waals surface area contributed by atoms with Crippen molar-refractivity contribution in [3.63, 3.8) is 0 Å². The third kappa shape index (κ3) is 12.1. The number of amides is 1. The standard InChI is InChI=1S/C47H49F11N6O6.C2H6.H2S2/c1-6-30-32(48)9-7-27-19-29(68-25-66-5)20-31(34(27)30)37-36(49)38-35-33(59-37)10-8-28-21-63(41(65)70-42(2,3)4)17-18-64(28)39(35)61-40(60-38)67-24-43(13-14-43)23-62-15-11-26(12-16-62)22-69-44(45(50,51)52,46(53,54)55)47(56,57)58;2*1-2/h1,7,9,19-20,26,28H,8,10-18,21-25H2,2-5H3;1-2H3;1-2H. The summed E-state index contributed by atoms with van der Waals surface area (Å²) < 4.78 is 181. The predicted molar refractivity (Wildman–Crippen MR) is 260 cm³/mol. The highest BCUT2D eigenvalue weighted by atomic mass is 33.1. The van der Waals surface area contributed by atoms with E-state index in [0.29, 0.717) is 48.1 Å². The smallest absolute Gasteiger partial charge is 0.435 e. The molecule has 2 aromatic carbocycles. The Bertz CT molecular complexity index is 2650. The predicted octanol–water partition coefficient (Wildman–Crippen LogP) is 11.6. The molecule has 2 aromatic heterocycles. The van der Waals surface area contributed by atoms with Crippen LogP contribution in [-0.4, -0.2) is 133 Å². The summed E-state index contributed by atoms with van der Waals surface area (Å²) in [4.78, 5) is 33.1. The van der Waals surface area contributed by atoms with Crippen molar-refractivity contribution in [2.75, 3.05) is 71.3 Å². The van der Waals surface area contributed by atoms with E-state index in [1.165, 1.54) is 25.3 Å². The van der Waals surface area contributed by atoms with Gasteiger partial charge in [0.05, 0.1) is 29.9 Å². The molecule has 25 heteroatoms. The van der Waals surface area contributed by atoms with E-state index in [9.17, 15) is 44.3 Å². The minimum atomic E-state index is -6.81. The van der Waals surface area contributed by atoms with Gasteiger partial charge in [-0.2, -0.15) is 49.5 Å². The van der Waals surface area contributed by atoms with Gasteiger partial charge in [0.25, 0.3) is 0 Å². The molecule has 1 unspecified atom stereocenters. The van der Waals surface area contributed by atoms with Crippen molar-refractivity contribution in [2.24, 2.45) is 11.3 Å². The van der Waals surface area contributed by atoms with Gasteiger partial charge in [-0.1, -0.05) is 25.8 Å². The van der Waals surface area contributed by atoms with Crippen molar-refractivity contribution in [2.45, 2.75) is 109 Å². The van der Waals surface area contributed by atoms with Crippen molar-refractivity contribution in [3.8, 4) is 35.4 Å². The van der Waals surface area contributed by atoms with Gasteiger partial charge < -0.3 is 38.4 Å². The minimum absolute atomic E-state index is 0.00283. The second-order valence-corrected chi connectivity index (χ2v) is 19.3. The summed E-state index contributed by atoms with van der Waals surface area (Å²) >= 11 is 6.44. The maximum absolute atomic E-state index is 17.6. The SMILES string of the molecule is C#Cc1c(F)ccc2cc(OCOC)cc(-c3nc4c5c(nc(OCC6(CN7CCC(COC(C(F)(F)F)(C(F)(F)F)C(F)(F)F)CC7)CC6)nc5c3F)N3CCN(C(=O)OC(C)(C)C)CC3CC4)c12.CC.SS. The lowest BCUT2D eigenvalue weighted by molar-refractivity contribution is -0.458. The molecule has 12 nitrogen and oxygen atoms in total. The Labute approximate surface area is 431 Å². The van der Waals surface area contributed by atoms with Gasteiger partial charge in [-0.25, -0.2) is 18.6 Å². The van der Waals surface area contributed by atoms with Crippen LogP contribution in [0.4, 0.5) is 58.9 Å². The molecule has 0 spiro atoms. The lowest BCUT2D eigenvalue weighted by Crippen LogP contribution is -2.68. The van der Waals surface area contributed by atoms with E-state index in [1.54, 1.807) is 31.7 Å².